The number of carbonyl (C=O) groups is 1. The molecule has 5 nitrogen and oxygen atoms in total. The lowest BCUT2D eigenvalue weighted by Crippen LogP contribution is -2.31. The van der Waals surface area contributed by atoms with Gasteiger partial charge < -0.3 is 5.32 Å². The number of aromatic nitrogens is 2. The van der Waals surface area contributed by atoms with E-state index in [1.807, 2.05) is 32.0 Å². The minimum Gasteiger partial charge on any atom is -0.350 e. The minimum atomic E-state index is -0.129. The Kier molecular flexibility index (Phi) is 4.52. The molecule has 0 bridgehead atoms. The molecule has 0 radical (unpaired) electrons. The second kappa shape index (κ2) is 6.35. The van der Waals surface area contributed by atoms with Crippen LogP contribution in [-0.4, -0.2) is 22.0 Å². The molecule has 1 heterocycles. The number of nitrogens with one attached hydrogen (secondary N) is 1. The van der Waals surface area contributed by atoms with E-state index in [0.717, 1.165) is 11.1 Å². The molecule has 0 fully saturated rings. The van der Waals surface area contributed by atoms with Crippen LogP contribution in [0.5, 0.6) is 0 Å². The first-order valence-corrected chi connectivity index (χ1v) is 6.85. The summed E-state index contributed by atoms with van der Waals surface area (Å²) < 4.78 is 1.50. The van der Waals surface area contributed by atoms with E-state index >= 15 is 0 Å². The molecule has 0 aliphatic heterocycles. The number of aryl methyl sites for hydroxylation is 3. The van der Waals surface area contributed by atoms with Crippen molar-refractivity contribution in [1.82, 2.24) is 14.9 Å². The Morgan fingerprint density at radius 2 is 1.86 bits per heavy atom. The lowest BCUT2D eigenvalue weighted by Gasteiger charge is -2.09. The lowest BCUT2D eigenvalue weighted by molar-refractivity contribution is 0.0952. The maximum absolute atomic E-state index is 12.1. The van der Waals surface area contributed by atoms with Gasteiger partial charge in [0.15, 0.2) is 0 Å². The molecule has 0 aliphatic rings. The number of hydrogen-bond donors (Lipinski definition) is 1. The fourth-order valence-corrected chi connectivity index (χ4v) is 2.22. The van der Waals surface area contributed by atoms with Gasteiger partial charge in [0.25, 0.3) is 11.5 Å². The van der Waals surface area contributed by atoms with Crippen LogP contribution < -0.4 is 10.9 Å². The van der Waals surface area contributed by atoms with Crippen LogP contribution in [0.4, 0.5) is 0 Å². The molecule has 0 aliphatic carbocycles. The van der Waals surface area contributed by atoms with Crippen molar-refractivity contribution in [1.29, 1.82) is 0 Å². The number of amides is 1. The van der Waals surface area contributed by atoms with Crippen molar-refractivity contribution in [2.24, 2.45) is 0 Å². The molecule has 1 amide bonds. The van der Waals surface area contributed by atoms with Crippen molar-refractivity contribution in [3.63, 3.8) is 0 Å². The maximum Gasteiger partial charge on any atom is 0.256 e. The van der Waals surface area contributed by atoms with E-state index in [1.54, 1.807) is 6.92 Å². The number of rotatable bonds is 4. The van der Waals surface area contributed by atoms with E-state index in [-0.39, 0.29) is 11.5 Å². The van der Waals surface area contributed by atoms with Gasteiger partial charge in [-0.1, -0.05) is 17.2 Å². The third kappa shape index (κ3) is 3.78. The molecule has 0 saturated heterocycles. The quantitative estimate of drug-likeness (QED) is 0.928. The summed E-state index contributed by atoms with van der Waals surface area (Å²) in [4.78, 5) is 27.9. The Morgan fingerprint density at radius 3 is 2.52 bits per heavy atom. The molecule has 1 aromatic heterocycles. The summed E-state index contributed by atoms with van der Waals surface area (Å²) in [5, 5.41) is 2.82. The zero-order chi connectivity index (χ0) is 15.4. The summed E-state index contributed by atoms with van der Waals surface area (Å²) >= 11 is 0. The highest BCUT2D eigenvalue weighted by molar-refractivity contribution is 5.94. The van der Waals surface area contributed by atoms with Crippen LogP contribution >= 0.6 is 0 Å². The summed E-state index contributed by atoms with van der Waals surface area (Å²) in [6.45, 7) is 6.43. The second-order valence-electron chi connectivity index (χ2n) is 5.21. The Morgan fingerprint density at radius 1 is 1.19 bits per heavy atom. The number of hydrogen-bond acceptors (Lipinski definition) is 3. The van der Waals surface area contributed by atoms with Gasteiger partial charge in [0.2, 0.25) is 0 Å². The van der Waals surface area contributed by atoms with E-state index < -0.39 is 0 Å². The molecule has 2 rings (SSSR count). The normalized spacial score (nSPS) is 10.4. The molecule has 5 heteroatoms. The van der Waals surface area contributed by atoms with Crippen molar-refractivity contribution < 1.29 is 4.79 Å². The molecule has 2 aromatic rings. The topological polar surface area (TPSA) is 64.0 Å². The van der Waals surface area contributed by atoms with Gasteiger partial charge in [0.05, 0.1) is 6.33 Å². The zero-order valence-electron chi connectivity index (χ0n) is 12.5. The molecule has 0 saturated carbocycles. The van der Waals surface area contributed by atoms with E-state index in [2.05, 4.69) is 10.3 Å². The maximum atomic E-state index is 12.1. The van der Waals surface area contributed by atoms with Crippen molar-refractivity contribution >= 4 is 5.91 Å². The molecule has 110 valence electrons. The van der Waals surface area contributed by atoms with Crippen LogP contribution in [0.1, 0.15) is 27.0 Å². The molecular formula is C16H19N3O2. The minimum absolute atomic E-state index is 0.0781. The highest BCUT2D eigenvalue weighted by Crippen LogP contribution is 2.08. The number of carbonyl (C=O) groups excluding carboxylic acids is 1. The van der Waals surface area contributed by atoms with Gasteiger partial charge in [0.1, 0.15) is 0 Å². The van der Waals surface area contributed by atoms with Crippen LogP contribution in [0.15, 0.2) is 35.5 Å². The summed E-state index contributed by atoms with van der Waals surface area (Å²) in [5.41, 5.74) is 3.27. The van der Waals surface area contributed by atoms with E-state index in [4.69, 9.17) is 0 Å². The lowest BCUT2D eigenvalue weighted by atomic mass is 10.1. The van der Waals surface area contributed by atoms with E-state index in [0.29, 0.717) is 24.2 Å². The Hall–Kier alpha value is -2.43. The first kappa shape index (κ1) is 15.0. The van der Waals surface area contributed by atoms with Gasteiger partial charge in [-0.2, -0.15) is 0 Å². The van der Waals surface area contributed by atoms with Crippen molar-refractivity contribution in [2.45, 2.75) is 27.3 Å². The smallest absolute Gasteiger partial charge is 0.256 e. The van der Waals surface area contributed by atoms with Gasteiger partial charge in [-0.3, -0.25) is 14.2 Å². The molecule has 0 unspecified atom stereocenters. The largest absolute Gasteiger partial charge is 0.350 e. The molecule has 0 spiro atoms. The van der Waals surface area contributed by atoms with E-state index in [9.17, 15) is 9.59 Å². The standard InChI is InChI=1S/C16H19N3O2/c1-11-6-12(2)8-14(7-11)15(20)18-4-5-19-10-17-9-13(3)16(19)21/h6-10H,4-5H2,1-3H3,(H,18,20). The summed E-state index contributed by atoms with van der Waals surface area (Å²) in [5.74, 6) is -0.129. The third-order valence-electron chi connectivity index (χ3n) is 3.19. The molecular weight excluding hydrogens is 266 g/mol. The first-order chi connectivity index (χ1) is 9.97. The van der Waals surface area contributed by atoms with E-state index in [1.165, 1.54) is 17.1 Å². The summed E-state index contributed by atoms with van der Waals surface area (Å²) in [6, 6.07) is 5.72. The average Bonchev–Trinajstić information content (AvgIpc) is 2.42. The fraction of sp³-hybridized carbons (Fsp3) is 0.312. The van der Waals surface area contributed by atoms with Crippen LogP contribution in [0.2, 0.25) is 0 Å². The van der Waals surface area contributed by atoms with Gasteiger partial charge in [-0.15, -0.1) is 0 Å². The summed E-state index contributed by atoms with van der Waals surface area (Å²) in [6.07, 6.45) is 3.02. The average molecular weight is 285 g/mol. The van der Waals surface area contributed by atoms with Crippen LogP contribution in [0.3, 0.4) is 0 Å². The van der Waals surface area contributed by atoms with Gasteiger partial charge in [-0.25, -0.2) is 4.98 Å². The van der Waals surface area contributed by atoms with Gasteiger partial charge >= 0.3 is 0 Å². The van der Waals surface area contributed by atoms with Crippen LogP contribution in [0.25, 0.3) is 0 Å². The second-order valence-corrected chi connectivity index (χ2v) is 5.21. The number of nitrogens with zero attached hydrogens (tertiary/aromatic N) is 2. The molecule has 0 atom stereocenters. The Labute approximate surface area is 123 Å². The van der Waals surface area contributed by atoms with Crippen molar-refractivity contribution in [3.05, 3.63) is 63.3 Å². The fourth-order valence-electron chi connectivity index (χ4n) is 2.22. The third-order valence-corrected chi connectivity index (χ3v) is 3.19. The molecule has 1 aromatic carbocycles. The van der Waals surface area contributed by atoms with Crippen LogP contribution in [-0.2, 0) is 6.54 Å². The highest BCUT2D eigenvalue weighted by atomic mass is 16.1. The first-order valence-electron chi connectivity index (χ1n) is 6.85. The molecule has 1 N–H and O–H groups in total. The highest BCUT2D eigenvalue weighted by Gasteiger charge is 2.06. The van der Waals surface area contributed by atoms with Crippen LogP contribution in [0, 0.1) is 20.8 Å². The zero-order valence-corrected chi connectivity index (χ0v) is 12.5. The van der Waals surface area contributed by atoms with Crippen molar-refractivity contribution in [3.8, 4) is 0 Å². The molecule has 21 heavy (non-hydrogen) atoms. The monoisotopic (exact) mass is 285 g/mol. The van der Waals surface area contributed by atoms with Crippen molar-refractivity contribution in [2.75, 3.05) is 6.54 Å². The Bertz CT molecular complexity index is 699. The summed E-state index contributed by atoms with van der Waals surface area (Å²) in [7, 11) is 0. The predicted octanol–water partition coefficient (Wildman–Crippen LogP) is 1.60. The Balaban J connectivity index is 1.98. The SMILES string of the molecule is Cc1cc(C)cc(C(=O)NCCn2cncc(C)c2=O)c1. The van der Waals surface area contributed by atoms with Gasteiger partial charge in [-0.05, 0) is 32.9 Å². The predicted molar refractivity (Wildman–Crippen MR) is 81.5 cm³/mol. The number of benzene rings is 1. The van der Waals surface area contributed by atoms with Gasteiger partial charge in [0, 0.05) is 30.4 Å².